The lowest BCUT2D eigenvalue weighted by molar-refractivity contribution is -0.141. The molecule has 0 unspecified atom stereocenters. The number of halogens is 3. The Balaban J connectivity index is 2.20. The fraction of sp³-hybridized carbons (Fsp3) is 0.188. The molecule has 0 bridgehead atoms. The lowest BCUT2D eigenvalue weighted by atomic mass is 10.1. The number of aromatic nitrogens is 2. The Bertz CT molecular complexity index is 1070. The number of rotatable bonds is 3. The maximum absolute atomic E-state index is 13.2. The van der Waals surface area contributed by atoms with E-state index in [9.17, 15) is 21.6 Å². The van der Waals surface area contributed by atoms with Crippen LogP contribution in [0.5, 0.6) is 0 Å². The zero-order valence-corrected chi connectivity index (χ0v) is 15.3. The van der Waals surface area contributed by atoms with Gasteiger partial charge in [0.05, 0.1) is 21.2 Å². The van der Waals surface area contributed by atoms with E-state index in [0.717, 1.165) is 21.9 Å². The van der Waals surface area contributed by atoms with Gasteiger partial charge in [-0.25, -0.2) is 18.2 Å². The van der Waals surface area contributed by atoms with E-state index < -0.39 is 21.9 Å². The molecule has 1 aromatic carbocycles. The molecule has 10 heteroatoms. The highest BCUT2D eigenvalue weighted by atomic mass is 32.2. The van der Waals surface area contributed by atoms with Crippen molar-refractivity contribution in [3.05, 3.63) is 52.5 Å². The second kappa shape index (κ2) is 6.22. The highest BCUT2D eigenvalue weighted by Gasteiger charge is 2.35. The summed E-state index contributed by atoms with van der Waals surface area (Å²) in [6, 6.07) is 6.19. The minimum Gasteiger partial charge on any atom is -0.232 e. The zero-order chi connectivity index (χ0) is 19.3. The van der Waals surface area contributed by atoms with Crippen molar-refractivity contribution in [2.45, 2.75) is 24.9 Å². The van der Waals surface area contributed by atoms with Gasteiger partial charge >= 0.3 is 6.18 Å². The van der Waals surface area contributed by atoms with Crippen LogP contribution >= 0.6 is 11.3 Å². The van der Waals surface area contributed by atoms with Crippen molar-refractivity contribution in [2.75, 3.05) is 0 Å². The number of alkyl halides is 3. The van der Waals surface area contributed by atoms with Crippen LogP contribution in [0.4, 0.5) is 13.2 Å². The highest BCUT2D eigenvalue weighted by molar-refractivity contribution is 7.89. The number of aryl methyl sites for hydroxylation is 1. The summed E-state index contributed by atoms with van der Waals surface area (Å²) in [5, 5.41) is 10.6. The van der Waals surface area contributed by atoms with Crippen LogP contribution < -0.4 is 5.14 Å². The van der Waals surface area contributed by atoms with Gasteiger partial charge in [-0.15, -0.1) is 11.3 Å². The third-order valence-corrected chi connectivity index (χ3v) is 6.08. The molecule has 0 saturated carbocycles. The van der Waals surface area contributed by atoms with Crippen molar-refractivity contribution in [1.29, 1.82) is 0 Å². The first kappa shape index (κ1) is 18.6. The first-order valence-electron chi connectivity index (χ1n) is 7.34. The van der Waals surface area contributed by atoms with Crippen LogP contribution in [0.2, 0.25) is 0 Å². The fourth-order valence-corrected chi connectivity index (χ4v) is 4.00. The van der Waals surface area contributed by atoms with E-state index in [2.05, 4.69) is 5.10 Å². The largest absolute Gasteiger partial charge is 0.435 e. The van der Waals surface area contributed by atoms with Crippen molar-refractivity contribution in [1.82, 2.24) is 9.78 Å². The Morgan fingerprint density at radius 1 is 1.15 bits per heavy atom. The minimum atomic E-state index is -4.60. The van der Waals surface area contributed by atoms with Gasteiger partial charge in [0.25, 0.3) is 0 Å². The normalized spacial score (nSPS) is 12.5. The van der Waals surface area contributed by atoms with E-state index >= 15 is 0 Å². The molecule has 3 rings (SSSR count). The Kier molecular flexibility index (Phi) is 4.45. The summed E-state index contributed by atoms with van der Waals surface area (Å²) in [6.07, 6.45) is -4.60. The summed E-state index contributed by atoms with van der Waals surface area (Å²) in [4.78, 5) is 0.537. The predicted molar refractivity (Wildman–Crippen MR) is 92.7 cm³/mol. The molecule has 0 aliphatic heterocycles. The van der Waals surface area contributed by atoms with Gasteiger partial charge in [0.15, 0.2) is 5.69 Å². The lowest BCUT2D eigenvalue weighted by Crippen LogP contribution is -2.12. The second-order valence-electron chi connectivity index (χ2n) is 5.74. The minimum absolute atomic E-state index is 0.130. The second-order valence-corrected chi connectivity index (χ2v) is 8.18. The Morgan fingerprint density at radius 2 is 1.77 bits per heavy atom. The molecule has 0 spiro atoms. The highest BCUT2D eigenvalue weighted by Crippen LogP contribution is 2.37. The van der Waals surface area contributed by atoms with Crippen LogP contribution in [-0.2, 0) is 16.2 Å². The topological polar surface area (TPSA) is 78.0 Å². The van der Waals surface area contributed by atoms with Gasteiger partial charge in [-0.2, -0.15) is 18.3 Å². The van der Waals surface area contributed by atoms with E-state index in [4.69, 9.17) is 5.14 Å². The van der Waals surface area contributed by atoms with E-state index in [1.807, 2.05) is 19.2 Å². The number of hydrogen-bond donors (Lipinski definition) is 1. The number of nitrogens with zero attached hydrogens (tertiary/aromatic N) is 2. The summed E-state index contributed by atoms with van der Waals surface area (Å²) in [5.41, 5.74) is 1.40. The van der Waals surface area contributed by atoms with Crippen molar-refractivity contribution in [2.24, 2.45) is 5.14 Å². The lowest BCUT2D eigenvalue weighted by Gasteiger charge is -2.08. The molecule has 0 fully saturated rings. The smallest absolute Gasteiger partial charge is 0.232 e. The molecule has 0 amide bonds. The summed E-state index contributed by atoms with van der Waals surface area (Å²) in [7, 11) is -3.89. The van der Waals surface area contributed by atoms with Gasteiger partial charge in [0, 0.05) is 0 Å². The van der Waals surface area contributed by atoms with Gasteiger partial charge in [0.1, 0.15) is 0 Å². The third-order valence-electron chi connectivity index (χ3n) is 3.93. The first-order valence-corrected chi connectivity index (χ1v) is 9.76. The summed E-state index contributed by atoms with van der Waals surface area (Å²) in [5.74, 6) is 0. The van der Waals surface area contributed by atoms with E-state index in [1.54, 1.807) is 0 Å². The van der Waals surface area contributed by atoms with Crippen LogP contribution in [0.3, 0.4) is 0 Å². The van der Waals surface area contributed by atoms with Crippen molar-refractivity contribution >= 4 is 21.4 Å². The monoisotopic (exact) mass is 401 g/mol. The van der Waals surface area contributed by atoms with E-state index in [-0.39, 0.29) is 10.6 Å². The fourth-order valence-electron chi connectivity index (χ4n) is 2.41. The molecule has 3 aromatic rings. The zero-order valence-electron chi connectivity index (χ0n) is 13.7. The van der Waals surface area contributed by atoms with Crippen molar-refractivity contribution < 1.29 is 21.6 Å². The average Bonchev–Trinajstić information content (AvgIpc) is 3.11. The molecule has 0 atom stereocenters. The van der Waals surface area contributed by atoms with Crippen molar-refractivity contribution in [3.8, 4) is 16.3 Å². The van der Waals surface area contributed by atoms with Crippen LogP contribution in [-0.4, -0.2) is 18.2 Å². The predicted octanol–water partition coefficient (Wildman–Crippen LogP) is 3.88. The molecule has 0 aliphatic rings. The molecule has 5 nitrogen and oxygen atoms in total. The van der Waals surface area contributed by atoms with Crippen LogP contribution in [0.1, 0.15) is 16.8 Å². The summed E-state index contributed by atoms with van der Waals surface area (Å²) >= 11 is 1.33. The molecule has 0 saturated heterocycles. The Labute approximate surface area is 151 Å². The number of primary sulfonamides is 1. The SMILES string of the molecule is Cc1csc(-c2cc(C(F)(F)F)nn2-c2ccc(S(N)(=O)=O)cc2)c1C. The number of nitrogens with two attached hydrogens (primary N) is 1. The van der Waals surface area contributed by atoms with Gasteiger partial charge in [-0.1, -0.05) is 0 Å². The molecular formula is C16H14F3N3O2S2. The van der Waals surface area contributed by atoms with Gasteiger partial charge in [0.2, 0.25) is 10.0 Å². The first-order chi connectivity index (χ1) is 12.0. The van der Waals surface area contributed by atoms with Crippen molar-refractivity contribution in [3.63, 3.8) is 0 Å². The number of sulfonamides is 1. The Morgan fingerprint density at radius 3 is 2.23 bits per heavy atom. The molecule has 0 aliphatic carbocycles. The van der Waals surface area contributed by atoms with E-state index in [0.29, 0.717) is 10.6 Å². The number of benzene rings is 1. The van der Waals surface area contributed by atoms with Gasteiger partial charge in [-0.05, 0) is 60.7 Å². The quantitative estimate of drug-likeness (QED) is 0.723. The molecular weight excluding hydrogens is 387 g/mol. The van der Waals surface area contributed by atoms with Gasteiger partial charge < -0.3 is 0 Å². The molecule has 26 heavy (non-hydrogen) atoms. The maximum atomic E-state index is 13.2. The molecule has 0 radical (unpaired) electrons. The summed E-state index contributed by atoms with van der Waals surface area (Å²) in [6.45, 7) is 3.71. The number of thiophene rings is 1. The van der Waals surface area contributed by atoms with Gasteiger partial charge in [-0.3, -0.25) is 0 Å². The van der Waals surface area contributed by atoms with Crippen LogP contribution in [0.15, 0.2) is 40.6 Å². The molecule has 2 N–H and O–H groups in total. The maximum Gasteiger partial charge on any atom is 0.435 e. The molecule has 138 valence electrons. The van der Waals surface area contributed by atoms with Crippen LogP contribution in [0, 0.1) is 13.8 Å². The summed E-state index contributed by atoms with van der Waals surface area (Å²) < 4.78 is 63.4. The standard InChI is InChI=1S/C16H14F3N3O2S2/c1-9-8-25-15(10(9)2)13-7-14(16(17,18)19)21-22(13)11-3-5-12(6-4-11)26(20,23)24/h3-8H,1-2H3,(H2,20,23,24). The third kappa shape index (κ3) is 3.39. The number of hydrogen-bond acceptors (Lipinski definition) is 4. The molecule has 2 aromatic heterocycles. The average molecular weight is 401 g/mol. The molecule has 2 heterocycles. The van der Waals surface area contributed by atoms with E-state index in [1.165, 1.54) is 35.6 Å². The Hall–Kier alpha value is -2.17. The van der Waals surface area contributed by atoms with Crippen LogP contribution in [0.25, 0.3) is 16.3 Å².